The molecule has 0 radical (unpaired) electrons. The maximum Gasteiger partial charge on any atom is 0.259 e. The quantitative estimate of drug-likeness (QED) is 0.930. The number of amides is 1. The molecule has 0 heterocycles. The van der Waals surface area contributed by atoms with Crippen molar-refractivity contribution in [2.24, 2.45) is 0 Å². The molecule has 0 unspecified atom stereocenters. The highest BCUT2D eigenvalue weighted by Crippen LogP contribution is 2.21. The van der Waals surface area contributed by atoms with Crippen LogP contribution in [0.2, 0.25) is 0 Å². The monoisotopic (exact) mass is 280 g/mol. The van der Waals surface area contributed by atoms with E-state index in [2.05, 4.69) is 5.32 Å². The lowest BCUT2D eigenvalue weighted by Crippen LogP contribution is -2.15. The Bertz CT molecular complexity index is 687. The van der Waals surface area contributed by atoms with Gasteiger partial charge in [0.2, 0.25) is 0 Å². The fourth-order valence-corrected chi connectivity index (χ4v) is 1.88. The average Bonchev–Trinajstić information content (AvgIpc) is 2.47. The Hall–Kier alpha value is -2.80. The van der Waals surface area contributed by atoms with Gasteiger partial charge >= 0.3 is 0 Å². The maximum atomic E-state index is 12.3. The Kier molecular flexibility index (Phi) is 4.57. The maximum absolute atomic E-state index is 12.3. The van der Waals surface area contributed by atoms with Crippen LogP contribution < -0.4 is 10.1 Å². The number of nitrogens with zero attached hydrogens (tertiary/aromatic N) is 1. The first-order valence-corrected chi connectivity index (χ1v) is 6.67. The molecule has 2 rings (SSSR count). The van der Waals surface area contributed by atoms with Gasteiger partial charge in [-0.25, -0.2) is 0 Å². The summed E-state index contributed by atoms with van der Waals surface area (Å²) in [5.74, 6) is 0.280. The summed E-state index contributed by atoms with van der Waals surface area (Å²) in [6.07, 6.45) is -0.0131. The molecule has 0 saturated heterocycles. The number of benzene rings is 2. The molecule has 0 saturated carbocycles. The van der Waals surface area contributed by atoms with Gasteiger partial charge in [-0.05, 0) is 44.2 Å². The summed E-state index contributed by atoms with van der Waals surface area (Å²) in [7, 11) is 0. The van der Waals surface area contributed by atoms with Crippen LogP contribution in [-0.2, 0) is 0 Å². The number of ether oxygens (including phenoxy) is 1. The summed E-state index contributed by atoms with van der Waals surface area (Å²) >= 11 is 0. The van der Waals surface area contributed by atoms with Gasteiger partial charge in [0.15, 0.2) is 0 Å². The van der Waals surface area contributed by atoms with Crippen molar-refractivity contribution in [1.29, 1.82) is 5.26 Å². The third kappa shape index (κ3) is 3.83. The Labute approximate surface area is 124 Å². The minimum atomic E-state index is -0.263. The van der Waals surface area contributed by atoms with Gasteiger partial charge in [-0.1, -0.05) is 18.2 Å². The van der Waals surface area contributed by atoms with E-state index >= 15 is 0 Å². The molecule has 0 fully saturated rings. The molecule has 4 nitrogen and oxygen atoms in total. The highest BCUT2D eigenvalue weighted by Gasteiger charge is 2.13. The van der Waals surface area contributed by atoms with E-state index in [-0.39, 0.29) is 12.0 Å². The number of carbonyl (C=O) groups excluding carboxylic acids is 1. The fraction of sp³-hybridized carbons (Fsp3) is 0.176. The average molecular weight is 280 g/mol. The topological polar surface area (TPSA) is 62.1 Å². The zero-order valence-corrected chi connectivity index (χ0v) is 12.0. The predicted molar refractivity (Wildman–Crippen MR) is 81.3 cm³/mol. The third-order valence-corrected chi connectivity index (χ3v) is 2.74. The zero-order chi connectivity index (χ0) is 15.2. The minimum absolute atomic E-state index is 0.0131. The van der Waals surface area contributed by atoms with Crippen molar-refractivity contribution < 1.29 is 9.53 Å². The first-order valence-electron chi connectivity index (χ1n) is 6.67. The van der Waals surface area contributed by atoms with E-state index in [9.17, 15) is 4.79 Å². The summed E-state index contributed by atoms with van der Waals surface area (Å²) < 4.78 is 5.64. The van der Waals surface area contributed by atoms with Crippen LogP contribution in [-0.4, -0.2) is 12.0 Å². The standard InChI is InChI=1S/C17H16N2O2/c1-12(2)21-16-9-4-3-8-15(16)17(20)19-14-7-5-6-13(10-14)11-18/h3-10,12H,1-2H3,(H,19,20). The molecule has 0 spiro atoms. The Morgan fingerprint density at radius 2 is 1.95 bits per heavy atom. The molecular formula is C17H16N2O2. The number of para-hydroxylation sites is 1. The van der Waals surface area contributed by atoms with E-state index in [1.54, 1.807) is 42.5 Å². The van der Waals surface area contributed by atoms with Gasteiger partial charge in [-0.3, -0.25) is 4.79 Å². The molecule has 0 aliphatic rings. The van der Waals surface area contributed by atoms with Gasteiger partial charge in [-0.15, -0.1) is 0 Å². The number of nitrogens with one attached hydrogen (secondary N) is 1. The lowest BCUT2D eigenvalue weighted by molar-refractivity contribution is 0.102. The number of carbonyl (C=O) groups is 1. The minimum Gasteiger partial charge on any atom is -0.490 e. The Morgan fingerprint density at radius 3 is 2.67 bits per heavy atom. The van der Waals surface area contributed by atoms with Crippen LogP contribution in [0.3, 0.4) is 0 Å². The molecule has 0 atom stereocenters. The van der Waals surface area contributed by atoms with Gasteiger partial charge in [0, 0.05) is 5.69 Å². The second kappa shape index (κ2) is 6.58. The molecule has 2 aromatic rings. The fourth-order valence-electron chi connectivity index (χ4n) is 1.88. The van der Waals surface area contributed by atoms with Crippen molar-refractivity contribution in [3.63, 3.8) is 0 Å². The van der Waals surface area contributed by atoms with E-state index in [1.165, 1.54) is 0 Å². The molecule has 2 aromatic carbocycles. The first-order chi connectivity index (χ1) is 10.1. The molecule has 0 aromatic heterocycles. The number of hydrogen-bond acceptors (Lipinski definition) is 3. The van der Waals surface area contributed by atoms with E-state index in [4.69, 9.17) is 10.00 Å². The van der Waals surface area contributed by atoms with Gasteiger partial charge in [0.1, 0.15) is 5.75 Å². The third-order valence-electron chi connectivity index (χ3n) is 2.74. The smallest absolute Gasteiger partial charge is 0.259 e. The van der Waals surface area contributed by atoms with Crippen LogP contribution in [0.5, 0.6) is 5.75 Å². The molecule has 1 amide bonds. The van der Waals surface area contributed by atoms with Gasteiger partial charge in [0.05, 0.1) is 23.3 Å². The van der Waals surface area contributed by atoms with Crippen LogP contribution in [0.25, 0.3) is 0 Å². The van der Waals surface area contributed by atoms with Crippen LogP contribution in [0.1, 0.15) is 29.8 Å². The van der Waals surface area contributed by atoms with E-state index < -0.39 is 0 Å². The van der Waals surface area contributed by atoms with Crippen LogP contribution in [0.4, 0.5) is 5.69 Å². The molecular weight excluding hydrogens is 264 g/mol. The molecule has 0 aliphatic heterocycles. The highest BCUT2D eigenvalue weighted by molar-refractivity contribution is 6.06. The SMILES string of the molecule is CC(C)Oc1ccccc1C(=O)Nc1cccc(C#N)c1. The van der Waals surface area contributed by atoms with Crippen molar-refractivity contribution in [2.75, 3.05) is 5.32 Å². The lowest BCUT2D eigenvalue weighted by Gasteiger charge is -2.14. The Balaban J connectivity index is 2.22. The van der Waals surface area contributed by atoms with Gasteiger partial charge in [0.25, 0.3) is 5.91 Å². The molecule has 0 bridgehead atoms. The number of anilines is 1. The van der Waals surface area contributed by atoms with Crippen molar-refractivity contribution in [3.8, 4) is 11.8 Å². The van der Waals surface area contributed by atoms with E-state index in [1.807, 2.05) is 26.0 Å². The summed E-state index contributed by atoms with van der Waals surface area (Å²) in [5.41, 5.74) is 1.55. The summed E-state index contributed by atoms with van der Waals surface area (Å²) in [6.45, 7) is 3.82. The highest BCUT2D eigenvalue weighted by atomic mass is 16.5. The molecule has 106 valence electrons. The van der Waals surface area contributed by atoms with Crippen molar-refractivity contribution >= 4 is 11.6 Å². The number of rotatable bonds is 4. The second-order valence-electron chi connectivity index (χ2n) is 4.81. The van der Waals surface area contributed by atoms with Crippen molar-refractivity contribution in [2.45, 2.75) is 20.0 Å². The summed E-state index contributed by atoms with van der Waals surface area (Å²) in [4.78, 5) is 12.3. The first kappa shape index (κ1) is 14.6. The normalized spacial score (nSPS) is 10.0. The predicted octanol–water partition coefficient (Wildman–Crippen LogP) is 3.60. The van der Waals surface area contributed by atoms with Gasteiger partial charge in [-0.2, -0.15) is 5.26 Å². The summed E-state index contributed by atoms with van der Waals surface area (Å²) in [5, 5.41) is 11.7. The summed E-state index contributed by atoms with van der Waals surface area (Å²) in [6, 6.07) is 15.9. The number of nitriles is 1. The molecule has 4 heteroatoms. The van der Waals surface area contributed by atoms with Crippen molar-refractivity contribution in [3.05, 3.63) is 59.7 Å². The second-order valence-corrected chi connectivity index (χ2v) is 4.81. The molecule has 1 N–H and O–H groups in total. The van der Waals surface area contributed by atoms with Gasteiger partial charge < -0.3 is 10.1 Å². The largest absolute Gasteiger partial charge is 0.490 e. The Morgan fingerprint density at radius 1 is 1.19 bits per heavy atom. The molecule has 21 heavy (non-hydrogen) atoms. The van der Waals surface area contributed by atoms with E-state index in [0.29, 0.717) is 22.6 Å². The van der Waals surface area contributed by atoms with E-state index in [0.717, 1.165) is 0 Å². The van der Waals surface area contributed by atoms with Crippen LogP contribution >= 0.6 is 0 Å². The van der Waals surface area contributed by atoms with Crippen molar-refractivity contribution in [1.82, 2.24) is 0 Å². The van der Waals surface area contributed by atoms with Crippen LogP contribution in [0.15, 0.2) is 48.5 Å². The number of hydrogen-bond donors (Lipinski definition) is 1. The molecule has 0 aliphatic carbocycles. The zero-order valence-electron chi connectivity index (χ0n) is 12.0. The lowest BCUT2D eigenvalue weighted by atomic mass is 10.1. The van der Waals surface area contributed by atoms with Crippen LogP contribution in [0, 0.1) is 11.3 Å².